The fourth-order valence-corrected chi connectivity index (χ4v) is 2.42. The molecule has 0 fully saturated rings. The number of rotatable bonds is 5. The fourth-order valence-electron chi connectivity index (χ4n) is 1.51. The number of nitrogens with zero attached hydrogens (tertiary/aromatic N) is 1. The Kier molecular flexibility index (Phi) is 5.46. The Bertz CT molecular complexity index is 344. The van der Waals surface area contributed by atoms with E-state index in [0.717, 1.165) is 28.6 Å². The Balaban J connectivity index is 2.68. The van der Waals surface area contributed by atoms with Gasteiger partial charge in [0.05, 0.1) is 0 Å². The van der Waals surface area contributed by atoms with Gasteiger partial charge in [-0.15, -0.1) is 0 Å². The normalized spacial score (nSPS) is 13.1. The van der Waals surface area contributed by atoms with Crippen LogP contribution in [0.25, 0.3) is 0 Å². The highest BCUT2D eigenvalue weighted by Gasteiger charge is 2.10. The van der Waals surface area contributed by atoms with Crippen molar-refractivity contribution in [3.8, 4) is 0 Å². The molecule has 0 heterocycles. The zero-order valence-corrected chi connectivity index (χ0v) is 11.6. The van der Waals surface area contributed by atoms with Crippen molar-refractivity contribution in [3.63, 3.8) is 0 Å². The van der Waals surface area contributed by atoms with Crippen molar-refractivity contribution in [3.05, 3.63) is 28.8 Å². The first-order valence-electron chi connectivity index (χ1n) is 5.27. The monoisotopic (exact) mass is 258 g/mol. The third-order valence-electron chi connectivity index (χ3n) is 2.65. The number of benzene rings is 1. The third-order valence-corrected chi connectivity index (χ3v) is 3.83. The Labute approximate surface area is 107 Å². The molecule has 90 valence electrons. The van der Waals surface area contributed by atoms with E-state index in [0.29, 0.717) is 6.04 Å². The van der Waals surface area contributed by atoms with E-state index in [2.05, 4.69) is 25.1 Å². The van der Waals surface area contributed by atoms with Gasteiger partial charge < -0.3 is 5.73 Å². The quantitative estimate of drug-likeness (QED) is 0.823. The summed E-state index contributed by atoms with van der Waals surface area (Å²) in [6.45, 7) is 3.06. The van der Waals surface area contributed by atoms with E-state index in [1.165, 1.54) is 0 Å². The number of halogens is 1. The van der Waals surface area contributed by atoms with Crippen LogP contribution in [0, 0.1) is 0 Å². The lowest BCUT2D eigenvalue weighted by Gasteiger charge is -2.24. The molecule has 0 saturated heterocycles. The molecule has 0 radical (unpaired) electrons. The number of hydrogen-bond acceptors (Lipinski definition) is 3. The minimum absolute atomic E-state index is 0.535. The zero-order valence-electron chi connectivity index (χ0n) is 10.0. The first-order valence-corrected chi connectivity index (χ1v) is 7.05. The second-order valence-electron chi connectivity index (χ2n) is 4.07. The van der Waals surface area contributed by atoms with Crippen LogP contribution in [-0.4, -0.2) is 30.0 Å². The largest absolute Gasteiger partial charge is 0.399 e. The van der Waals surface area contributed by atoms with Gasteiger partial charge in [0.25, 0.3) is 0 Å². The van der Waals surface area contributed by atoms with Crippen molar-refractivity contribution in [2.24, 2.45) is 0 Å². The van der Waals surface area contributed by atoms with Crippen molar-refractivity contribution in [1.29, 1.82) is 0 Å². The van der Waals surface area contributed by atoms with Crippen LogP contribution in [-0.2, 0) is 6.54 Å². The fraction of sp³-hybridized carbons (Fsp3) is 0.500. The summed E-state index contributed by atoms with van der Waals surface area (Å²) in [5, 5.41) is 0.789. The Morgan fingerprint density at radius 3 is 2.81 bits per heavy atom. The smallest absolute Gasteiger partial charge is 0.0452 e. The standard InChI is InChI=1S/C12H19ClN2S/c1-9(8-16-3)15(2)7-10-6-11(14)4-5-12(10)13/h4-6,9H,7-8,14H2,1-3H3. The van der Waals surface area contributed by atoms with Crippen LogP contribution < -0.4 is 5.73 Å². The highest BCUT2D eigenvalue weighted by molar-refractivity contribution is 7.98. The van der Waals surface area contributed by atoms with Crippen LogP contribution in [0.2, 0.25) is 5.02 Å². The van der Waals surface area contributed by atoms with E-state index in [9.17, 15) is 0 Å². The van der Waals surface area contributed by atoms with Crippen LogP contribution >= 0.6 is 23.4 Å². The lowest BCUT2D eigenvalue weighted by Crippen LogP contribution is -2.30. The van der Waals surface area contributed by atoms with Gasteiger partial charge in [-0.05, 0) is 44.0 Å². The molecule has 0 spiro atoms. The van der Waals surface area contributed by atoms with E-state index >= 15 is 0 Å². The van der Waals surface area contributed by atoms with Gasteiger partial charge in [-0.2, -0.15) is 11.8 Å². The van der Waals surface area contributed by atoms with Crippen molar-refractivity contribution < 1.29 is 0 Å². The maximum Gasteiger partial charge on any atom is 0.0452 e. The number of anilines is 1. The van der Waals surface area contributed by atoms with Gasteiger partial charge in [0.2, 0.25) is 0 Å². The minimum Gasteiger partial charge on any atom is -0.399 e. The second kappa shape index (κ2) is 6.38. The first-order chi connectivity index (χ1) is 7.54. The molecule has 2 nitrogen and oxygen atoms in total. The second-order valence-corrected chi connectivity index (χ2v) is 5.39. The molecule has 1 unspecified atom stereocenters. The van der Waals surface area contributed by atoms with Gasteiger partial charge in [-0.3, -0.25) is 4.90 Å². The van der Waals surface area contributed by atoms with Crippen LogP contribution in [0.3, 0.4) is 0 Å². The molecule has 0 amide bonds. The van der Waals surface area contributed by atoms with Crippen molar-refractivity contribution in [1.82, 2.24) is 4.90 Å². The van der Waals surface area contributed by atoms with E-state index in [1.54, 1.807) is 0 Å². The number of nitrogen functional groups attached to an aromatic ring is 1. The van der Waals surface area contributed by atoms with Crippen LogP contribution in [0.15, 0.2) is 18.2 Å². The van der Waals surface area contributed by atoms with Gasteiger partial charge in [0.1, 0.15) is 0 Å². The number of hydrogen-bond donors (Lipinski definition) is 1. The van der Waals surface area contributed by atoms with Crippen LogP contribution in [0.4, 0.5) is 5.69 Å². The van der Waals surface area contributed by atoms with Crippen molar-refractivity contribution in [2.75, 3.05) is 24.8 Å². The summed E-state index contributed by atoms with van der Waals surface area (Å²) in [5.41, 5.74) is 7.62. The average molecular weight is 259 g/mol. The molecule has 0 aliphatic carbocycles. The summed E-state index contributed by atoms with van der Waals surface area (Å²) >= 11 is 7.99. The molecule has 1 rings (SSSR count). The molecule has 1 aromatic rings. The van der Waals surface area contributed by atoms with Gasteiger partial charge in [-0.25, -0.2) is 0 Å². The molecule has 2 N–H and O–H groups in total. The van der Waals surface area contributed by atoms with E-state index in [-0.39, 0.29) is 0 Å². The molecule has 0 aromatic heterocycles. The van der Waals surface area contributed by atoms with E-state index < -0.39 is 0 Å². The van der Waals surface area contributed by atoms with Gasteiger partial charge >= 0.3 is 0 Å². The first kappa shape index (κ1) is 13.7. The number of thioether (sulfide) groups is 1. The summed E-state index contributed by atoms with van der Waals surface area (Å²) in [5.74, 6) is 1.12. The van der Waals surface area contributed by atoms with Gasteiger partial charge in [-0.1, -0.05) is 11.6 Å². The lowest BCUT2D eigenvalue weighted by molar-refractivity contribution is 0.270. The van der Waals surface area contributed by atoms with Gasteiger partial charge in [0.15, 0.2) is 0 Å². The maximum atomic E-state index is 6.13. The van der Waals surface area contributed by atoms with Crippen molar-refractivity contribution in [2.45, 2.75) is 19.5 Å². The Hall–Kier alpha value is -0.380. The highest BCUT2D eigenvalue weighted by Crippen LogP contribution is 2.21. The molecule has 1 aromatic carbocycles. The summed E-state index contributed by atoms with van der Waals surface area (Å²) in [7, 11) is 2.11. The van der Waals surface area contributed by atoms with Crippen LogP contribution in [0.5, 0.6) is 0 Å². The summed E-state index contributed by atoms with van der Waals surface area (Å²) in [4.78, 5) is 2.29. The number of nitrogens with two attached hydrogens (primary N) is 1. The maximum absolute atomic E-state index is 6.13. The summed E-state index contributed by atoms with van der Waals surface area (Å²) in [6.07, 6.45) is 2.12. The predicted molar refractivity (Wildman–Crippen MR) is 75.2 cm³/mol. The average Bonchev–Trinajstić information content (AvgIpc) is 2.23. The molecule has 0 bridgehead atoms. The lowest BCUT2D eigenvalue weighted by atomic mass is 10.2. The van der Waals surface area contributed by atoms with E-state index in [1.807, 2.05) is 30.0 Å². The molecular formula is C12H19ClN2S. The third kappa shape index (κ3) is 3.89. The minimum atomic E-state index is 0.535. The molecule has 4 heteroatoms. The molecule has 0 saturated carbocycles. The SMILES string of the molecule is CSCC(C)N(C)Cc1cc(N)ccc1Cl. The van der Waals surface area contributed by atoms with Crippen LogP contribution in [0.1, 0.15) is 12.5 Å². The Morgan fingerprint density at radius 1 is 1.50 bits per heavy atom. The summed E-state index contributed by atoms with van der Waals surface area (Å²) < 4.78 is 0. The topological polar surface area (TPSA) is 29.3 Å². The zero-order chi connectivity index (χ0) is 12.1. The van der Waals surface area contributed by atoms with Crippen molar-refractivity contribution >= 4 is 29.1 Å². The van der Waals surface area contributed by atoms with E-state index in [4.69, 9.17) is 17.3 Å². The molecule has 16 heavy (non-hydrogen) atoms. The summed E-state index contributed by atoms with van der Waals surface area (Å²) in [6, 6.07) is 6.17. The molecule has 0 aliphatic rings. The van der Waals surface area contributed by atoms with Gasteiger partial charge in [0, 0.05) is 29.0 Å². The molecule has 0 aliphatic heterocycles. The molecular weight excluding hydrogens is 240 g/mol. The molecule has 1 atom stereocenters. The predicted octanol–water partition coefficient (Wildman–Crippen LogP) is 3.11. The highest BCUT2D eigenvalue weighted by atomic mass is 35.5. The Morgan fingerprint density at radius 2 is 2.19 bits per heavy atom.